The average molecular weight is 460 g/mol. The summed E-state index contributed by atoms with van der Waals surface area (Å²) < 4.78 is 5.17. The second kappa shape index (κ2) is 11.9. The van der Waals surface area contributed by atoms with Gasteiger partial charge in [0.05, 0.1) is 23.0 Å². The number of amides is 4. The van der Waals surface area contributed by atoms with Gasteiger partial charge in [0.15, 0.2) is 6.10 Å². The lowest BCUT2D eigenvalue weighted by Crippen LogP contribution is -2.46. The summed E-state index contributed by atoms with van der Waals surface area (Å²) in [6.45, 7) is 4.85. The molecule has 0 bridgehead atoms. The SMILES string of the molecule is CC(C)NC(=O)NC(=O)C(C)OC(=O)CC(NC(=O)c1ccccc1Cl)c1ccccc1. The zero-order valence-electron chi connectivity index (χ0n) is 18.1. The number of benzene rings is 2. The zero-order valence-corrected chi connectivity index (χ0v) is 18.8. The summed E-state index contributed by atoms with van der Waals surface area (Å²) in [5.74, 6) is -1.92. The van der Waals surface area contributed by atoms with Crippen molar-refractivity contribution in [2.24, 2.45) is 0 Å². The molecule has 2 unspecified atom stereocenters. The molecule has 8 nitrogen and oxygen atoms in total. The van der Waals surface area contributed by atoms with Gasteiger partial charge in [-0.15, -0.1) is 0 Å². The van der Waals surface area contributed by atoms with E-state index >= 15 is 0 Å². The molecule has 0 heterocycles. The van der Waals surface area contributed by atoms with E-state index in [1.54, 1.807) is 62.4 Å². The highest BCUT2D eigenvalue weighted by Crippen LogP contribution is 2.21. The number of urea groups is 1. The van der Waals surface area contributed by atoms with Crippen LogP contribution in [0.4, 0.5) is 4.79 Å². The van der Waals surface area contributed by atoms with Gasteiger partial charge in [-0.1, -0.05) is 54.1 Å². The van der Waals surface area contributed by atoms with Gasteiger partial charge in [-0.05, 0) is 38.5 Å². The fourth-order valence-electron chi connectivity index (χ4n) is 2.80. The lowest BCUT2D eigenvalue weighted by Gasteiger charge is -2.20. The highest BCUT2D eigenvalue weighted by atomic mass is 35.5. The molecule has 9 heteroatoms. The number of hydrogen-bond donors (Lipinski definition) is 3. The van der Waals surface area contributed by atoms with Gasteiger partial charge in [0, 0.05) is 6.04 Å². The molecule has 3 N–H and O–H groups in total. The van der Waals surface area contributed by atoms with Crippen LogP contribution in [0.25, 0.3) is 0 Å². The predicted octanol–water partition coefficient (Wildman–Crippen LogP) is 3.37. The number of halogens is 1. The van der Waals surface area contributed by atoms with Crippen molar-refractivity contribution in [2.45, 2.75) is 45.4 Å². The number of imide groups is 1. The molecule has 32 heavy (non-hydrogen) atoms. The molecule has 0 saturated carbocycles. The normalized spacial score (nSPS) is 12.4. The van der Waals surface area contributed by atoms with Gasteiger partial charge in [0.25, 0.3) is 11.8 Å². The number of hydrogen-bond acceptors (Lipinski definition) is 5. The predicted molar refractivity (Wildman–Crippen MR) is 120 cm³/mol. The smallest absolute Gasteiger partial charge is 0.321 e. The van der Waals surface area contributed by atoms with E-state index in [9.17, 15) is 19.2 Å². The van der Waals surface area contributed by atoms with E-state index in [1.807, 2.05) is 6.07 Å². The molecule has 2 aromatic carbocycles. The van der Waals surface area contributed by atoms with Crippen molar-refractivity contribution in [3.63, 3.8) is 0 Å². The summed E-state index contributed by atoms with van der Waals surface area (Å²) in [4.78, 5) is 49.0. The first-order valence-corrected chi connectivity index (χ1v) is 10.5. The van der Waals surface area contributed by atoms with Gasteiger partial charge < -0.3 is 15.4 Å². The Bertz CT molecular complexity index is 965. The summed E-state index contributed by atoms with van der Waals surface area (Å²) in [5, 5.41) is 7.69. The van der Waals surface area contributed by atoms with Crippen LogP contribution in [0, 0.1) is 0 Å². The fourth-order valence-corrected chi connectivity index (χ4v) is 3.02. The quantitative estimate of drug-likeness (QED) is 0.524. The summed E-state index contributed by atoms with van der Waals surface area (Å²) in [5.41, 5.74) is 0.950. The Morgan fingerprint density at radius 2 is 1.53 bits per heavy atom. The number of nitrogens with one attached hydrogen (secondary N) is 3. The Hall–Kier alpha value is -3.39. The van der Waals surface area contributed by atoms with Crippen molar-refractivity contribution in [1.82, 2.24) is 16.0 Å². The lowest BCUT2D eigenvalue weighted by molar-refractivity contribution is -0.154. The Kier molecular flexibility index (Phi) is 9.22. The lowest BCUT2D eigenvalue weighted by atomic mass is 10.0. The van der Waals surface area contributed by atoms with E-state index in [0.29, 0.717) is 5.56 Å². The average Bonchev–Trinajstić information content (AvgIpc) is 2.73. The van der Waals surface area contributed by atoms with E-state index in [1.165, 1.54) is 6.92 Å². The molecule has 0 fully saturated rings. The molecule has 2 rings (SSSR count). The molecule has 2 aromatic rings. The molecular formula is C23H26ClN3O5. The maximum atomic E-state index is 12.7. The highest BCUT2D eigenvalue weighted by molar-refractivity contribution is 6.33. The standard InChI is InChI=1S/C23H26ClN3O5/c1-14(2)25-23(31)27-21(29)15(3)32-20(28)13-19(16-9-5-4-6-10-16)26-22(30)17-11-7-8-12-18(17)24/h4-12,14-15,19H,13H2,1-3H3,(H,26,30)(H2,25,27,29,31). The Labute approximate surface area is 191 Å². The van der Waals surface area contributed by atoms with Crippen molar-refractivity contribution in [2.75, 3.05) is 0 Å². The molecule has 0 aromatic heterocycles. The van der Waals surface area contributed by atoms with Gasteiger partial charge in [0.1, 0.15) is 0 Å². The first kappa shape index (κ1) is 24.9. The maximum absolute atomic E-state index is 12.7. The molecule has 0 saturated heterocycles. The second-order valence-electron chi connectivity index (χ2n) is 7.37. The maximum Gasteiger partial charge on any atom is 0.321 e. The van der Waals surface area contributed by atoms with Crippen LogP contribution in [0.15, 0.2) is 54.6 Å². The fraction of sp³-hybridized carbons (Fsp3) is 0.304. The van der Waals surface area contributed by atoms with Crippen LogP contribution >= 0.6 is 11.6 Å². The summed E-state index contributed by atoms with van der Waals surface area (Å²) in [7, 11) is 0. The van der Waals surface area contributed by atoms with Crippen molar-refractivity contribution < 1.29 is 23.9 Å². The first-order valence-electron chi connectivity index (χ1n) is 10.1. The molecule has 0 radical (unpaired) electrons. The van der Waals surface area contributed by atoms with Gasteiger partial charge in [-0.25, -0.2) is 4.79 Å². The highest BCUT2D eigenvalue weighted by Gasteiger charge is 2.25. The van der Waals surface area contributed by atoms with Crippen LogP contribution in [0.1, 0.15) is 49.2 Å². The van der Waals surface area contributed by atoms with E-state index in [2.05, 4.69) is 16.0 Å². The van der Waals surface area contributed by atoms with E-state index in [0.717, 1.165) is 0 Å². The van der Waals surface area contributed by atoms with Gasteiger partial charge >= 0.3 is 12.0 Å². The molecule has 0 aliphatic rings. The molecular weight excluding hydrogens is 434 g/mol. The number of carbonyl (C=O) groups is 4. The third kappa shape index (κ3) is 7.70. The van der Waals surface area contributed by atoms with Crippen molar-refractivity contribution >= 4 is 35.4 Å². The molecule has 0 aliphatic carbocycles. The van der Waals surface area contributed by atoms with E-state index < -0.39 is 36.0 Å². The van der Waals surface area contributed by atoms with Crippen LogP contribution in [-0.2, 0) is 14.3 Å². The Morgan fingerprint density at radius 3 is 2.16 bits per heavy atom. The zero-order chi connectivity index (χ0) is 23.7. The third-order valence-electron chi connectivity index (χ3n) is 4.33. The molecule has 0 spiro atoms. The van der Waals surface area contributed by atoms with Crippen molar-refractivity contribution in [3.8, 4) is 0 Å². The van der Waals surface area contributed by atoms with Gasteiger partial charge in [-0.3, -0.25) is 19.7 Å². The molecule has 4 amide bonds. The second-order valence-corrected chi connectivity index (χ2v) is 7.78. The number of carbonyl (C=O) groups excluding carboxylic acids is 4. The molecule has 170 valence electrons. The van der Waals surface area contributed by atoms with Crippen LogP contribution in [0.2, 0.25) is 5.02 Å². The van der Waals surface area contributed by atoms with E-state index in [-0.39, 0.29) is 23.0 Å². The van der Waals surface area contributed by atoms with Crippen molar-refractivity contribution in [3.05, 3.63) is 70.7 Å². The number of rotatable bonds is 8. The van der Waals surface area contributed by atoms with Crippen LogP contribution in [0.3, 0.4) is 0 Å². The topological polar surface area (TPSA) is 114 Å². The summed E-state index contributed by atoms with van der Waals surface area (Å²) >= 11 is 6.10. The molecule has 2 atom stereocenters. The minimum atomic E-state index is -1.20. The van der Waals surface area contributed by atoms with Crippen LogP contribution in [0.5, 0.6) is 0 Å². The third-order valence-corrected chi connectivity index (χ3v) is 4.66. The molecule has 0 aliphatic heterocycles. The Morgan fingerprint density at radius 1 is 0.906 bits per heavy atom. The first-order chi connectivity index (χ1) is 15.2. The van der Waals surface area contributed by atoms with Gasteiger partial charge in [0.2, 0.25) is 0 Å². The van der Waals surface area contributed by atoms with Crippen LogP contribution < -0.4 is 16.0 Å². The number of ether oxygens (including phenoxy) is 1. The summed E-state index contributed by atoms with van der Waals surface area (Å²) in [6.07, 6.45) is -1.42. The van der Waals surface area contributed by atoms with E-state index in [4.69, 9.17) is 16.3 Å². The monoisotopic (exact) mass is 459 g/mol. The Balaban J connectivity index is 2.05. The minimum absolute atomic E-state index is 0.158. The largest absolute Gasteiger partial charge is 0.452 e. The van der Waals surface area contributed by atoms with Crippen molar-refractivity contribution in [1.29, 1.82) is 0 Å². The summed E-state index contributed by atoms with van der Waals surface area (Å²) in [6, 6.07) is 13.9. The minimum Gasteiger partial charge on any atom is -0.452 e. The van der Waals surface area contributed by atoms with Gasteiger partial charge in [-0.2, -0.15) is 0 Å². The number of esters is 1. The van der Waals surface area contributed by atoms with Crippen LogP contribution in [-0.4, -0.2) is 36.0 Å².